The molecule has 0 unspecified atom stereocenters. The summed E-state index contributed by atoms with van der Waals surface area (Å²) in [7, 11) is 0. The third kappa shape index (κ3) is 4.38. The average Bonchev–Trinajstić information content (AvgIpc) is 2.99. The summed E-state index contributed by atoms with van der Waals surface area (Å²) in [4.78, 5) is 26.4. The Labute approximate surface area is 151 Å². The molecular formula is C20H32N4O. The lowest BCUT2D eigenvalue weighted by Gasteiger charge is -2.32. The molecule has 0 aromatic carbocycles. The number of nitrogens with zero attached hydrogens (tertiary/aromatic N) is 4. The fourth-order valence-electron chi connectivity index (χ4n) is 3.80. The van der Waals surface area contributed by atoms with Gasteiger partial charge in [0, 0.05) is 30.1 Å². The van der Waals surface area contributed by atoms with E-state index in [4.69, 9.17) is 4.98 Å². The van der Waals surface area contributed by atoms with Gasteiger partial charge in [0.1, 0.15) is 5.82 Å². The van der Waals surface area contributed by atoms with Gasteiger partial charge in [0.15, 0.2) is 0 Å². The summed E-state index contributed by atoms with van der Waals surface area (Å²) in [6.07, 6.45) is 6.13. The Kier molecular flexibility index (Phi) is 5.42. The molecule has 3 rings (SSSR count). The highest BCUT2D eigenvalue weighted by Gasteiger charge is 2.29. The minimum atomic E-state index is -0.0566. The van der Waals surface area contributed by atoms with Gasteiger partial charge in [0.2, 0.25) is 5.91 Å². The van der Waals surface area contributed by atoms with E-state index >= 15 is 0 Å². The van der Waals surface area contributed by atoms with Gasteiger partial charge in [-0.1, -0.05) is 27.7 Å². The zero-order chi connectivity index (χ0) is 18.0. The topological polar surface area (TPSA) is 49.3 Å². The Balaban J connectivity index is 1.54. The van der Waals surface area contributed by atoms with Crippen LogP contribution in [-0.4, -0.2) is 45.3 Å². The zero-order valence-electron chi connectivity index (χ0n) is 16.2. The van der Waals surface area contributed by atoms with Crippen molar-refractivity contribution < 1.29 is 4.79 Å². The van der Waals surface area contributed by atoms with Crippen LogP contribution in [0.3, 0.4) is 0 Å². The summed E-state index contributed by atoms with van der Waals surface area (Å²) in [5.41, 5.74) is 2.09. The van der Waals surface area contributed by atoms with Gasteiger partial charge >= 0.3 is 0 Å². The first-order valence-electron chi connectivity index (χ1n) is 9.72. The Morgan fingerprint density at radius 2 is 1.96 bits per heavy atom. The summed E-state index contributed by atoms with van der Waals surface area (Å²) in [6, 6.07) is 0. The maximum Gasteiger partial charge on any atom is 0.223 e. The molecule has 138 valence electrons. The molecule has 0 saturated carbocycles. The van der Waals surface area contributed by atoms with E-state index in [0.717, 1.165) is 43.0 Å². The van der Waals surface area contributed by atoms with E-state index in [-0.39, 0.29) is 11.3 Å². The summed E-state index contributed by atoms with van der Waals surface area (Å²) in [6.45, 7) is 13.4. The van der Waals surface area contributed by atoms with Crippen LogP contribution in [0, 0.1) is 5.92 Å². The highest BCUT2D eigenvalue weighted by molar-refractivity contribution is 5.77. The fraction of sp³-hybridized carbons (Fsp3) is 0.750. The molecule has 1 aromatic rings. The molecule has 3 heterocycles. The van der Waals surface area contributed by atoms with Crippen LogP contribution in [0.25, 0.3) is 0 Å². The molecule has 1 amide bonds. The lowest BCUT2D eigenvalue weighted by Crippen LogP contribution is -2.36. The minimum absolute atomic E-state index is 0.0566. The SMILES string of the molecule is CCCN1CCC(CC(=O)N2Cc3cnc(C(C)(C)C)nc3C2)CC1. The quantitative estimate of drug-likeness (QED) is 0.842. The molecule has 0 aliphatic carbocycles. The summed E-state index contributed by atoms with van der Waals surface area (Å²) < 4.78 is 0. The lowest BCUT2D eigenvalue weighted by atomic mass is 9.93. The molecule has 0 radical (unpaired) electrons. The normalized spacial score (nSPS) is 19.3. The molecule has 1 saturated heterocycles. The lowest BCUT2D eigenvalue weighted by molar-refractivity contribution is -0.133. The van der Waals surface area contributed by atoms with E-state index in [1.54, 1.807) is 0 Å². The summed E-state index contributed by atoms with van der Waals surface area (Å²) >= 11 is 0. The van der Waals surface area contributed by atoms with Crippen LogP contribution in [0.4, 0.5) is 0 Å². The molecule has 2 aliphatic heterocycles. The molecular weight excluding hydrogens is 312 g/mol. The molecule has 0 spiro atoms. The first-order valence-corrected chi connectivity index (χ1v) is 9.72. The largest absolute Gasteiger partial charge is 0.332 e. The number of amides is 1. The van der Waals surface area contributed by atoms with E-state index in [9.17, 15) is 4.79 Å². The number of piperidine rings is 1. The predicted molar refractivity (Wildman–Crippen MR) is 99.1 cm³/mol. The van der Waals surface area contributed by atoms with E-state index in [0.29, 0.717) is 25.4 Å². The second kappa shape index (κ2) is 7.40. The Bertz CT molecular complexity index is 615. The van der Waals surface area contributed by atoms with Crippen LogP contribution in [0.15, 0.2) is 6.20 Å². The van der Waals surface area contributed by atoms with Crippen molar-refractivity contribution in [2.45, 2.75) is 71.9 Å². The second-order valence-electron chi connectivity index (χ2n) is 8.65. The number of aromatic nitrogens is 2. The van der Waals surface area contributed by atoms with Crippen LogP contribution < -0.4 is 0 Å². The van der Waals surface area contributed by atoms with E-state index in [1.807, 2.05) is 11.1 Å². The molecule has 5 heteroatoms. The highest BCUT2D eigenvalue weighted by Crippen LogP contribution is 2.27. The van der Waals surface area contributed by atoms with Gasteiger partial charge in [0.05, 0.1) is 12.2 Å². The number of rotatable bonds is 4. The van der Waals surface area contributed by atoms with Gasteiger partial charge < -0.3 is 9.80 Å². The molecule has 0 atom stereocenters. The molecule has 2 aliphatic rings. The smallest absolute Gasteiger partial charge is 0.223 e. The third-order valence-electron chi connectivity index (χ3n) is 5.39. The number of fused-ring (bicyclic) bond motifs is 1. The maximum atomic E-state index is 12.7. The number of hydrogen-bond acceptors (Lipinski definition) is 4. The Morgan fingerprint density at radius 1 is 1.24 bits per heavy atom. The summed E-state index contributed by atoms with van der Waals surface area (Å²) in [5, 5.41) is 0. The van der Waals surface area contributed by atoms with E-state index in [1.165, 1.54) is 13.0 Å². The predicted octanol–water partition coefficient (Wildman–Crippen LogP) is 3.13. The number of carbonyl (C=O) groups excluding carboxylic acids is 1. The number of likely N-dealkylation sites (tertiary alicyclic amines) is 1. The van der Waals surface area contributed by atoms with Crippen molar-refractivity contribution in [3.05, 3.63) is 23.3 Å². The van der Waals surface area contributed by atoms with Gasteiger partial charge in [-0.25, -0.2) is 9.97 Å². The van der Waals surface area contributed by atoms with Crippen molar-refractivity contribution in [3.8, 4) is 0 Å². The van der Waals surface area contributed by atoms with Crippen molar-refractivity contribution in [1.82, 2.24) is 19.8 Å². The molecule has 1 fully saturated rings. The first kappa shape index (κ1) is 18.3. The Hall–Kier alpha value is -1.49. The second-order valence-corrected chi connectivity index (χ2v) is 8.65. The van der Waals surface area contributed by atoms with Crippen LogP contribution in [0.1, 0.15) is 70.5 Å². The van der Waals surface area contributed by atoms with Gasteiger partial charge in [-0.3, -0.25) is 4.79 Å². The number of carbonyl (C=O) groups is 1. The van der Waals surface area contributed by atoms with Crippen molar-refractivity contribution >= 4 is 5.91 Å². The monoisotopic (exact) mass is 344 g/mol. The van der Waals surface area contributed by atoms with Gasteiger partial charge in [-0.2, -0.15) is 0 Å². The molecule has 25 heavy (non-hydrogen) atoms. The standard InChI is InChI=1S/C20H32N4O/c1-5-8-23-9-6-15(7-10-23)11-18(25)24-13-16-12-21-19(20(2,3)4)22-17(16)14-24/h12,15H,5-11,13-14H2,1-4H3. The Morgan fingerprint density at radius 3 is 2.60 bits per heavy atom. The van der Waals surface area contributed by atoms with Gasteiger partial charge in [-0.15, -0.1) is 0 Å². The van der Waals surface area contributed by atoms with Crippen LogP contribution in [0.5, 0.6) is 0 Å². The third-order valence-corrected chi connectivity index (χ3v) is 5.39. The first-order chi connectivity index (χ1) is 11.9. The van der Waals surface area contributed by atoms with Gasteiger partial charge in [-0.05, 0) is 44.8 Å². The van der Waals surface area contributed by atoms with Gasteiger partial charge in [0.25, 0.3) is 0 Å². The van der Waals surface area contributed by atoms with Crippen LogP contribution in [-0.2, 0) is 23.3 Å². The van der Waals surface area contributed by atoms with Crippen molar-refractivity contribution in [1.29, 1.82) is 0 Å². The average molecular weight is 345 g/mol. The summed E-state index contributed by atoms with van der Waals surface area (Å²) in [5.74, 6) is 1.69. The fourth-order valence-corrected chi connectivity index (χ4v) is 3.80. The number of hydrogen-bond donors (Lipinski definition) is 0. The maximum absolute atomic E-state index is 12.7. The zero-order valence-corrected chi connectivity index (χ0v) is 16.2. The van der Waals surface area contributed by atoms with Crippen molar-refractivity contribution in [2.24, 2.45) is 5.92 Å². The minimum Gasteiger partial charge on any atom is -0.332 e. The molecule has 0 N–H and O–H groups in total. The van der Waals surface area contributed by atoms with Crippen molar-refractivity contribution in [3.63, 3.8) is 0 Å². The van der Waals surface area contributed by atoms with Crippen molar-refractivity contribution in [2.75, 3.05) is 19.6 Å². The van der Waals surface area contributed by atoms with E-state index < -0.39 is 0 Å². The van der Waals surface area contributed by atoms with Crippen LogP contribution >= 0.6 is 0 Å². The highest BCUT2D eigenvalue weighted by atomic mass is 16.2. The molecule has 1 aromatic heterocycles. The molecule has 5 nitrogen and oxygen atoms in total. The van der Waals surface area contributed by atoms with Crippen LogP contribution in [0.2, 0.25) is 0 Å². The molecule has 0 bridgehead atoms. The van der Waals surface area contributed by atoms with E-state index in [2.05, 4.69) is 37.6 Å².